The molecule has 0 bridgehead atoms. The summed E-state index contributed by atoms with van der Waals surface area (Å²) in [5.41, 5.74) is 0.476. The van der Waals surface area contributed by atoms with Crippen molar-refractivity contribution in [2.75, 3.05) is 13.2 Å². The molecule has 8 nitrogen and oxygen atoms in total. The lowest BCUT2D eigenvalue weighted by molar-refractivity contribution is -0.123. The predicted molar refractivity (Wildman–Crippen MR) is 90.1 cm³/mol. The lowest BCUT2D eigenvalue weighted by atomic mass is 10.0. The number of hydrogen-bond acceptors (Lipinski definition) is 6. The molecule has 0 saturated heterocycles. The summed E-state index contributed by atoms with van der Waals surface area (Å²) < 4.78 is 7.29. The molecule has 3 rings (SSSR count). The van der Waals surface area contributed by atoms with Crippen molar-refractivity contribution in [1.82, 2.24) is 20.1 Å². The van der Waals surface area contributed by atoms with Crippen LogP contribution in [-0.4, -0.2) is 39.5 Å². The molecule has 1 aliphatic rings. The van der Waals surface area contributed by atoms with Crippen LogP contribution in [0.1, 0.15) is 19.3 Å². The molecule has 0 saturated carbocycles. The smallest absolute Gasteiger partial charge is 0.257 e. The van der Waals surface area contributed by atoms with Gasteiger partial charge in [-0.05, 0) is 12.1 Å². The van der Waals surface area contributed by atoms with Crippen LogP contribution in [0.5, 0.6) is 5.75 Å². The Kier molecular flexibility index (Phi) is 5.04. The number of amides is 1. The number of terminal acetylenes is 1. The monoisotopic (exact) mass is 338 g/mol. The van der Waals surface area contributed by atoms with Crippen molar-refractivity contribution in [3.63, 3.8) is 0 Å². The van der Waals surface area contributed by atoms with Crippen molar-refractivity contribution in [3.05, 3.63) is 36.9 Å². The topological polar surface area (TPSA) is 93.8 Å². The van der Waals surface area contributed by atoms with Gasteiger partial charge in [-0.15, -0.1) is 22.5 Å². The number of nitrogens with zero attached hydrogens (tertiary/aromatic N) is 5. The summed E-state index contributed by atoms with van der Waals surface area (Å²) in [5.74, 6) is 2.98. The second-order valence-electron chi connectivity index (χ2n) is 5.64. The zero-order valence-electron chi connectivity index (χ0n) is 13.6. The molecule has 1 aromatic heterocycles. The summed E-state index contributed by atoms with van der Waals surface area (Å²) in [5, 5.41) is 18.4. The minimum Gasteiger partial charge on any atom is -0.484 e. The van der Waals surface area contributed by atoms with E-state index in [4.69, 9.17) is 11.2 Å². The van der Waals surface area contributed by atoms with Crippen molar-refractivity contribution >= 4 is 5.91 Å². The van der Waals surface area contributed by atoms with Gasteiger partial charge in [-0.3, -0.25) is 9.36 Å². The maximum atomic E-state index is 11.9. The van der Waals surface area contributed by atoms with Crippen molar-refractivity contribution in [3.8, 4) is 23.8 Å². The normalized spacial score (nSPS) is 13.9. The summed E-state index contributed by atoms with van der Waals surface area (Å²) >= 11 is 0. The molecule has 8 heteroatoms. The van der Waals surface area contributed by atoms with E-state index in [0.29, 0.717) is 25.1 Å². The molecule has 0 radical (unpaired) electrons. The molecule has 1 aromatic carbocycles. The minimum atomic E-state index is -0.381. The van der Waals surface area contributed by atoms with E-state index in [-0.39, 0.29) is 18.2 Å². The van der Waals surface area contributed by atoms with Crippen molar-refractivity contribution in [1.29, 1.82) is 0 Å². The van der Waals surface area contributed by atoms with Crippen LogP contribution in [0.15, 0.2) is 47.1 Å². The average molecular weight is 338 g/mol. The molecular weight excluding hydrogens is 320 g/mol. The van der Waals surface area contributed by atoms with Gasteiger partial charge in [-0.2, -0.15) is 10.2 Å². The van der Waals surface area contributed by atoms with Gasteiger partial charge < -0.3 is 10.1 Å². The van der Waals surface area contributed by atoms with Crippen LogP contribution in [0.2, 0.25) is 0 Å². The summed E-state index contributed by atoms with van der Waals surface area (Å²) in [7, 11) is 0. The van der Waals surface area contributed by atoms with Crippen LogP contribution < -0.4 is 10.1 Å². The molecule has 1 N–H and O–H groups in total. The van der Waals surface area contributed by atoms with E-state index >= 15 is 0 Å². The van der Waals surface area contributed by atoms with Crippen LogP contribution in [-0.2, 0) is 4.79 Å². The molecule has 1 aliphatic heterocycles. The molecule has 0 unspecified atom stereocenters. The third kappa shape index (κ3) is 4.64. The molecular formula is C17H18N6O2. The molecule has 2 heterocycles. The van der Waals surface area contributed by atoms with Gasteiger partial charge in [0.1, 0.15) is 18.4 Å². The summed E-state index contributed by atoms with van der Waals surface area (Å²) in [6, 6.07) is 7.34. The van der Waals surface area contributed by atoms with E-state index in [0.717, 1.165) is 12.1 Å². The highest BCUT2D eigenvalue weighted by Gasteiger charge is 2.38. The lowest BCUT2D eigenvalue weighted by Gasteiger charge is -2.11. The molecule has 25 heavy (non-hydrogen) atoms. The number of rotatable bonds is 9. The highest BCUT2D eigenvalue weighted by atomic mass is 16.5. The first-order chi connectivity index (χ1) is 12.2. The number of nitrogens with one attached hydrogen (secondary N) is 1. The molecule has 0 aliphatic carbocycles. The van der Waals surface area contributed by atoms with Gasteiger partial charge in [0.25, 0.3) is 5.91 Å². The van der Waals surface area contributed by atoms with Crippen molar-refractivity contribution in [2.24, 2.45) is 10.2 Å². The number of benzene rings is 1. The van der Waals surface area contributed by atoms with E-state index in [9.17, 15) is 4.79 Å². The van der Waals surface area contributed by atoms with Gasteiger partial charge in [0.2, 0.25) is 0 Å². The highest BCUT2D eigenvalue weighted by molar-refractivity contribution is 5.77. The zero-order valence-corrected chi connectivity index (χ0v) is 13.6. The number of aromatic nitrogens is 3. The Hall–Kier alpha value is -3.21. The van der Waals surface area contributed by atoms with Crippen LogP contribution in [0.25, 0.3) is 5.69 Å². The maximum absolute atomic E-state index is 11.9. The molecule has 0 spiro atoms. The van der Waals surface area contributed by atoms with E-state index in [2.05, 4.69) is 31.7 Å². The third-order valence-corrected chi connectivity index (χ3v) is 3.80. The predicted octanol–water partition coefficient (Wildman–Crippen LogP) is 1.73. The number of carbonyl (C=O) groups excluding carboxylic acids is 1. The fourth-order valence-corrected chi connectivity index (χ4v) is 2.34. The molecule has 0 fully saturated rings. The largest absolute Gasteiger partial charge is 0.484 e. The molecule has 1 amide bonds. The van der Waals surface area contributed by atoms with Gasteiger partial charge in [0.05, 0.1) is 5.69 Å². The SMILES string of the molecule is C#CCCC1(CCNC(=O)COc2cccc(-n3cnnc3)c2)N=N1. The van der Waals surface area contributed by atoms with Gasteiger partial charge >= 0.3 is 0 Å². The van der Waals surface area contributed by atoms with Crippen LogP contribution in [0.4, 0.5) is 0 Å². The molecule has 0 atom stereocenters. The second-order valence-corrected chi connectivity index (χ2v) is 5.64. The van der Waals surface area contributed by atoms with E-state index in [1.54, 1.807) is 23.3 Å². The minimum absolute atomic E-state index is 0.0583. The average Bonchev–Trinajstić information content (AvgIpc) is 3.18. The number of ether oxygens (including phenoxy) is 1. The Labute approximate surface area is 145 Å². The van der Waals surface area contributed by atoms with Crippen molar-refractivity contribution < 1.29 is 9.53 Å². The Morgan fingerprint density at radius 2 is 2.08 bits per heavy atom. The van der Waals surface area contributed by atoms with E-state index in [1.165, 1.54) is 0 Å². The Balaban J connectivity index is 1.41. The Morgan fingerprint density at radius 3 is 2.80 bits per heavy atom. The van der Waals surface area contributed by atoms with E-state index in [1.807, 2.05) is 18.2 Å². The van der Waals surface area contributed by atoms with Gasteiger partial charge in [0.15, 0.2) is 12.3 Å². The lowest BCUT2D eigenvalue weighted by Crippen LogP contribution is -2.32. The quantitative estimate of drug-likeness (QED) is 0.705. The van der Waals surface area contributed by atoms with Gasteiger partial charge in [0, 0.05) is 31.9 Å². The summed E-state index contributed by atoms with van der Waals surface area (Å²) in [6.45, 7) is 0.428. The second kappa shape index (κ2) is 7.57. The number of carbonyl (C=O) groups is 1. The first-order valence-corrected chi connectivity index (χ1v) is 7.93. The third-order valence-electron chi connectivity index (χ3n) is 3.80. The first-order valence-electron chi connectivity index (χ1n) is 7.93. The molecule has 2 aromatic rings. The Bertz CT molecular complexity index is 788. The summed E-state index contributed by atoms with van der Waals surface area (Å²) in [6.07, 6.45) is 10.5. The van der Waals surface area contributed by atoms with E-state index < -0.39 is 0 Å². The van der Waals surface area contributed by atoms with Crippen molar-refractivity contribution in [2.45, 2.75) is 24.9 Å². The van der Waals surface area contributed by atoms with Gasteiger partial charge in [-0.25, -0.2) is 0 Å². The highest BCUT2D eigenvalue weighted by Crippen LogP contribution is 2.35. The first kappa shape index (κ1) is 16.6. The maximum Gasteiger partial charge on any atom is 0.257 e. The molecule has 128 valence electrons. The standard InChI is InChI=1S/C17H18N6O2/c1-2-3-7-17(21-22-17)8-9-18-16(24)11-25-15-6-4-5-14(10-15)23-12-19-20-13-23/h1,4-6,10,12-13H,3,7-9,11H2,(H,18,24). The van der Waals surface area contributed by atoms with Crippen LogP contribution in [0, 0.1) is 12.3 Å². The Morgan fingerprint density at radius 1 is 1.28 bits per heavy atom. The fraction of sp³-hybridized carbons (Fsp3) is 0.353. The number of hydrogen-bond donors (Lipinski definition) is 1. The van der Waals surface area contributed by atoms with Crippen LogP contribution in [0.3, 0.4) is 0 Å². The summed E-state index contributed by atoms with van der Waals surface area (Å²) in [4.78, 5) is 11.9. The zero-order chi connectivity index (χ0) is 17.5. The van der Waals surface area contributed by atoms with Crippen LogP contribution >= 0.6 is 0 Å². The van der Waals surface area contributed by atoms with Gasteiger partial charge in [-0.1, -0.05) is 6.07 Å². The fourth-order valence-electron chi connectivity index (χ4n) is 2.34.